The number of rotatable bonds is 4. The molecular formula is C13H22O3. The maximum atomic E-state index is 11.9. The van der Waals surface area contributed by atoms with E-state index in [1.807, 2.05) is 13.8 Å². The monoisotopic (exact) mass is 226 g/mol. The normalized spacial score (nSPS) is 34.8. The van der Waals surface area contributed by atoms with Gasteiger partial charge in [-0.05, 0) is 26.2 Å². The molecule has 2 rings (SSSR count). The van der Waals surface area contributed by atoms with Gasteiger partial charge in [0.15, 0.2) is 5.60 Å². The Morgan fingerprint density at radius 1 is 1.38 bits per heavy atom. The lowest BCUT2D eigenvalue weighted by Crippen LogP contribution is -2.32. The topological polar surface area (TPSA) is 38.8 Å². The lowest BCUT2D eigenvalue weighted by Gasteiger charge is -2.24. The second kappa shape index (κ2) is 4.74. The number of hydrogen-bond acceptors (Lipinski definition) is 3. The van der Waals surface area contributed by atoms with Crippen molar-refractivity contribution in [3.63, 3.8) is 0 Å². The summed E-state index contributed by atoms with van der Waals surface area (Å²) in [6.07, 6.45) is 7.37. The van der Waals surface area contributed by atoms with Crippen LogP contribution >= 0.6 is 0 Å². The predicted molar refractivity (Wildman–Crippen MR) is 61.1 cm³/mol. The molecule has 2 fully saturated rings. The van der Waals surface area contributed by atoms with Crippen molar-refractivity contribution < 1.29 is 14.3 Å². The van der Waals surface area contributed by atoms with Gasteiger partial charge < -0.3 is 9.47 Å². The summed E-state index contributed by atoms with van der Waals surface area (Å²) in [4.78, 5) is 11.9. The highest BCUT2D eigenvalue weighted by Gasteiger charge is 2.61. The quantitative estimate of drug-likeness (QED) is 0.546. The number of epoxide rings is 1. The Labute approximate surface area is 97.5 Å². The molecule has 0 spiro atoms. The van der Waals surface area contributed by atoms with E-state index in [0.717, 1.165) is 6.42 Å². The summed E-state index contributed by atoms with van der Waals surface area (Å²) in [6, 6.07) is 0. The molecule has 1 saturated carbocycles. The van der Waals surface area contributed by atoms with Crippen LogP contribution in [0.25, 0.3) is 0 Å². The van der Waals surface area contributed by atoms with Crippen molar-refractivity contribution in [1.82, 2.24) is 0 Å². The molecule has 1 saturated heterocycles. The minimum atomic E-state index is -0.585. The van der Waals surface area contributed by atoms with Crippen LogP contribution < -0.4 is 0 Å². The molecule has 0 bridgehead atoms. The first-order valence-electron chi connectivity index (χ1n) is 6.54. The van der Waals surface area contributed by atoms with E-state index < -0.39 is 5.60 Å². The molecule has 0 aromatic heterocycles. The predicted octanol–water partition coefficient (Wildman–Crippen LogP) is 2.68. The van der Waals surface area contributed by atoms with Crippen molar-refractivity contribution in [1.29, 1.82) is 0 Å². The van der Waals surface area contributed by atoms with Gasteiger partial charge in [-0.2, -0.15) is 0 Å². The van der Waals surface area contributed by atoms with Gasteiger partial charge in [0.2, 0.25) is 0 Å². The van der Waals surface area contributed by atoms with Crippen LogP contribution in [0, 0.1) is 5.92 Å². The summed E-state index contributed by atoms with van der Waals surface area (Å²) < 4.78 is 10.7. The van der Waals surface area contributed by atoms with Crippen molar-refractivity contribution in [3.05, 3.63) is 0 Å². The molecule has 0 aromatic carbocycles. The van der Waals surface area contributed by atoms with Gasteiger partial charge in [-0.1, -0.05) is 32.1 Å². The van der Waals surface area contributed by atoms with Gasteiger partial charge in [0.05, 0.1) is 12.7 Å². The van der Waals surface area contributed by atoms with Crippen LogP contribution in [-0.4, -0.2) is 24.3 Å². The Morgan fingerprint density at radius 2 is 2.00 bits per heavy atom. The molecule has 16 heavy (non-hydrogen) atoms. The number of carbonyl (C=O) groups is 1. The average molecular weight is 226 g/mol. The molecular weight excluding hydrogens is 204 g/mol. The molecule has 2 atom stereocenters. The van der Waals surface area contributed by atoms with E-state index in [4.69, 9.17) is 9.47 Å². The molecule has 1 heterocycles. The summed E-state index contributed by atoms with van der Waals surface area (Å²) in [7, 11) is 0. The molecule has 3 heteroatoms. The Hall–Kier alpha value is -0.570. The van der Waals surface area contributed by atoms with E-state index in [0.29, 0.717) is 12.5 Å². The number of esters is 1. The zero-order chi connectivity index (χ0) is 11.6. The molecule has 1 aliphatic heterocycles. The summed E-state index contributed by atoms with van der Waals surface area (Å²) in [5, 5.41) is 0. The van der Waals surface area contributed by atoms with Crippen molar-refractivity contribution in [2.75, 3.05) is 6.61 Å². The second-order valence-corrected chi connectivity index (χ2v) is 5.08. The average Bonchev–Trinajstić information content (AvgIpc) is 2.92. The zero-order valence-corrected chi connectivity index (χ0v) is 10.3. The molecule has 3 nitrogen and oxygen atoms in total. The molecule has 0 amide bonds. The maximum absolute atomic E-state index is 11.9. The summed E-state index contributed by atoms with van der Waals surface area (Å²) in [6.45, 7) is 4.26. The number of hydrogen-bond donors (Lipinski definition) is 0. The fourth-order valence-electron chi connectivity index (χ4n) is 2.87. The van der Waals surface area contributed by atoms with E-state index in [1.165, 1.54) is 32.1 Å². The van der Waals surface area contributed by atoms with Crippen molar-refractivity contribution >= 4 is 5.97 Å². The second-order valence-electron chi connectivity index (χ2n) is 5.08. The van der Waals surface area contributed by atoms with Gasteiger partial charge in [0.25, 0.3) is 0 Å². The first-order chi connectivity index (χ1) is 7.69. The highest BCUT2D eigenvalue weighted by atomic mass is 16.7. The highest BCUT2D eigenvalue weighted by Crippen LogP contribution is 2.45. The fourth-order valence-corrected chi connectivity index (χ4v) is 2.87. The van der Waals surface area contributed by atoms with Crippen LogP contribution in [0.5, 0.6) is 0 Å². The van der Waals surface area contributed by atoms with Gasteiger partial charge in [0.1, 0.15) is 0 Å². The minimum absolute atomic E-state index is 0.0495. The molecule has 92 valence electrons. The summed E-state index contributed by atoms with van der Waals surface area (Å²) in [5.74, 6) is 0.510. The minimum Gasteiger partial charge on any atom is -0.464 e. The largest absolute Gasteiger partial charge is 0.464 e. The van der Waals surface area contributed by atoms with Crippen LogP contribution in [0.15, 0.2) is 0 Å². The Balaban J connectivity index is 1.92. The summed E-state index contributed by atoms with van der Waals surface area (Å²) >= 11 is 0. The van der Waals surface area contributed by atoms with Gasteiger partial charge in [-0.25, -0.2) is 4.79 Å². The summed E-state index contributed by atoms with van der Waals surface area (Å²) in [5.41, 5.74) is -0.585. The van der Waals surface area contributed by atoms with Gasteiger partial charge in [-0.3, -0.25) is 0 Å². The molecule has 0 radical (unpaired) electrons. The fraction of sp³-hybridized carbons (Fsp3) is 0.923. The molecule has 1 aliphatic carbocycles. The standard InChI is InChI=1S/C13H22O3/c1-3-15-12(14)13(10(2)16-13)9-11-7-5-4-6-8-11/h10-11H,3-9H2,1-2H3. The van der Waals surface area contributed by atoms with E-state index >= 15 is 0 Å². The van der Waals surface area contributed by atoms with Crippen LogP contribution in [0.3, 0.4) is 0 Å². The van der Waals surface area contributed by atoms with Crippen LogP contribution in [0.4, 0.5) is 0 Å². The molecule has 0 N–H and O–H groups in total. The maximum Gasteiger partial charge on any atom is 0.341 e. The zero-order valence-electron chi connectivity index (χ0n) is 10.3. The van der Waals surface area contributed by atoms with Gasteiger partial charge >= 0.3 is 5.97 Å². The lowest BCUT2D eigenvalue weighted by molar-refractivity contribution is -0.150. The Bertz CT molecular complexity index is 258. The van der Waals surface area contributed by atoms with E-state index in [2.05, 4.69) is 0 Å². The van der Waals surface area contributed by atoms with Crippen LogP contribution in [0.1, 0.15) is 52.4 Å². The van der Waals surface area contributed by atoms with Gasteiger partial charge in [0, 0.05) is 0 Å². The Kier molecular flexibility index (Phi) is 3.53. The highest BCUT2D eigenvalue weighted by molar-refractivity contribution is 5.83. The van der Waals surface area contributed by atoms with Crippen LogP contribution in [0.2, 0.25) is 0 Å². The molecule has 2 aliphatic rings. The number of ether oxygens (including phenoxy) is 2. The lowest BCUT2D eigenvalue weighted by atomic mass is 9.81. The van der Waals surface area contributed by atoms with Crippen molar-refractivity contribution in [2.45, 2.75) is 64.1 Å². The first-order valence-corrected chi connectivity index (χ1v) is 6.54. The smallest absolute Gasteiger partial charge is 0.341 e. The van der Waals surface area contributed by atoms with E-state index in [1.54, 1.807) is 0 Å². The van der Waals surface area contributed by atoms with E-state index in [9.17, 15) is 4.79 Å². The van der Waals surface area contributed by atoms with Crippen molar-refractivity contribution in [3.8, 4) is 0 Å². The third-order valence-electron chi connectivity index (χ3n) is 3.92. The number of carbonyl (C=O) groups excluding carboxylic acids is 1. The Morgan fingerprint density at radius 3 is 2.50 bits per heavy atom. The van der Waals surface area contributed by atoms with Gasteiger partial charge in [-0.15, -0.1) is 0 Å². The van der Waals surface area contributed by atoms with E-state index in [-0.39, 0.29) is 12.1 Å². The SMILES string of the molecule is CCOC(=O)C1(CC2CCCCC2)OC1C. The first kappa shape index (κ1) is 11.9. The van der Waals surface area contributed by atoms with Crippen LogP contribution in [-0.2, 0) is 14.3 Å². The molecule has 2 unspecified atom stereocenters. The molecule has 0 aromatic rings. The van der Waals surface area contributed by atoms with Crippen molar-refractivity contribution in [2.24, 2.45) is 5.92 Å². The third-order valence-corrected chi connectivity index (χ3v) is 3.92. The third kappa shape index (κ3) is 2.24.